The van der Waals surface area contributed by atoms with E-state index in [-0.39, 0.29) is 31.8 Å². The SMILES string of the molecule is CC(C)(C)OC(=O)N1CCCC1C(=O)N1CCC(C(=O)NC(CC(=O)O)C(=O)O)(c2ccccc2)CC1. The number of nitrogens with zero attached hydrogens (tertiary/aromatic N) is 2. The van der Waals surface area contributed by atoms with Crippen LogP contribution in [0.1, 0.15) is 58.4 Å². The molecule has 2 heterocycles. The van der Waals surface area contributed by atoms with E-state index in [0.29, 0.717) is 24.9 Å². The summed E-state index contributed by atoms with van der Waals surface area (Å²) in [6, 6.07) is 6.65. The highest BCUT2D eigenvalue weighted by Gasteiger charge is 2.47. The van der Waals surface area contributed by atoms with Crippen molar-refractivity contribution < 1.29 is 38.9 Å². The molecule has 2 fully saturated rings. The van der Waals surface area contributed by atoms with Crippen molar-refractivity contribution in [1.29, 1.82) is 0 Å². The minimum Gasteiger partial charge on any atom is -0.481 e. The summed E-state index contributed by atoms with van der Waals surface area (Å²) >= 11 is 0. The van der Waals surface area contributed by atoms with Crippen molar-refractivity contribution in [3.63, 3.8) is 0 Å². The molecular formula is C26H35N3O8. The Morgan fingerprint density at radius 2 is 1.68 bits per heavy atom. The third kappa shape index (κ3) is 6.58. The second-order valence-corrected chi connectivity index (χ2v) is 10.6. The van der Waals surface area contributed by atoms with Gasteiger partial charge in [-0.2, -0.15) is 0 Å². The number of amides is 3. The number of nitrogens with one attached hydrogen (secondary N) is 1. The molecule has 0 radical (unpaired) electrons. The number of benzene rings is 1. The number of hydrogen-bond donors (Lipinski definition) is 3. The summed E-state index contributed by atoms with van der Waals surface area (Å²) in [6.45, 7) is 6.16. The molecule has 0 aromatic heterocycles. The van der Waals surface area contributed by atoms with E-state index >= 15 is 0 Å². The molecule has 1 aromatic rings. The lowest BCUT2D eigenvalue weighted by molar-refractivity contribution is -0.148. The maximum Gasteiger partial charge on any atom is 0.410 e. The zero-order chi connectivity index (χ0) is 27.4. The number of carboxylic acids is 2. The first-order valence-electron chi connectivity index (χ1n) is 12.4. The first kappa shape index (κ1) is 27.9. The van der Waals surface area contributed by atoms with Gasteiger partial charge in [-0.1, -0.05) is 30.3 Å². The summed E-state index contributed by atoms with van der Waals surface area (Å²) in [5, 5.41) is 20.9. The van der Waals surface area contributed by atoms with Gasteiger partial charge in [0.1, 0.15) is 17.7 Å². The van der Waals surface area contributed by atoms with Crippen LogP contribution in [-0.4, -0.2) is 87.2 Å². The quantitative estimate of drug-likeness (QED) is 0.496. The molecule has 3 amide bonds. The monoisotopic (exact) mass is 517 g/mol. The van der Waals surface area contributed by atoms with Crippen LogP contribution in [-0.2, 0) is 29.3 Å². The van der Waals surface area contributed by atoms with E-state index in [1.54, 1.807) is 56.0 Å². The summed E-state index contributed by atoms with van der Waals surface area (Å²) in [5.74, 6) is -3.57. The van der Waals surface area contributed by atoms with Gasteiger partial charge in [-0.3, -0.25) is 19.3 Å². The molecule has 37 heavy (non-hydrogen) atoms. The van der Waals surface area contributed by atoms with Crippen LogP contribution in [0.2, 0.25) is 0 Å². The van der Waals surface area contributed by atoms with Gasteiger partial charge < -0.3 is 25.2 Å². The Hall–Kier alpha value is -3.63. The van der Waals surface area contributed by atoms with Crippen LogP contribution in [0.3, 0.4) is 0 Å². The summed E-state index contributed by atoms with van der Waals surface area (Å²) in [7, 11) is 0. The van der Waals surface area contributed by atoms with Crippen LogP contribution < -0.4 is 5.32 Å². The second-order valence-electron chi connectivity index (χ2n) is 10.6. The van der Waals surface area contributed by atoms with Gasteiger partial charge in [0.25, 0.3) is 0 Å². The average Bonchev–Trinajstić information content (AvgIpc) is 3.32. The van der Waals surface area contributed by atoms with Crippen LogP contribution in [0.4, 0.5) is 4.79 Å². The molecule has 1 aromatic carbocycles. The van der Waals surface area contributed by atoms with E-state index in [4.69, 9.17) is 9.84 Å². The van der Waals surface area contributed by atoms with Crippen molar-refractivity contribution in [3.05, 3.63) is 35.9 Å². The van der Waals surface area contributed by atoms with Gasteiger partial charge in [0.15, 0.2) is 0 Å². The zero-order valence-electron chi connectivity index (χ0n) is 21.4. The van der Waals surface area contributed by atoms with Crippen molar-refractivity contribution in [2.45, 2.75) is 76.0 Å². The van der Waals surface area contributed by atoms with Gasteiger partial charge >= 0.3 is 18.0 Å². The molecule has 2 atom stereocenters. The molecule has 2 aliphatic heterocycles. The molecule has 202 valence electrons. The third-order valence-electron chi connectivity index (χ3n) is 6.84. The Kier molecular flexibility index (Phi) is 8.45. The molecule has 2 unspecified atom stereocenters. The van der Waals surface area contributed by atoms with Gasteiger partial charge in [-0.15, -0.1) is 0 Å². The lowest BCUT2D eigenvalue weighted by atomic mass is 9.71. The molecule has 2 saturated heterocycles. The number of ether oxygens (including phenoxy) is 1. The van der Waals surface area contributed by atoms with E-state index in [9.17, 15) is 29.1 Å². The van der Waals surface area contributed by atoms with Crippen LogP contribution >= 0.6 is 0 Å². The van der Waals surface area contributed by atoms with Crippen molar-refractivity contribution in [2.24, 2.45) is 0 Å². The Balaban J connectivity index is 1.77. The smallest absolute Gasteiger partial charge is 0.410 e. The van der Waals surface area contributed by atoms with Crippen molar-refractivity contribution in [2.75, 3.05) is 19.6 Å². The van der Waals surface area contributed by atoms with Crippen LogP contribution in [0, 0.1) is 0 Å². The predicted molar refractivity (Wildman–Crippen MR) is 132 cm³/mol. The number of aliphatic carboxylic acids is 2. The Morgan fingerprint density at radius 3 is 2.22 bits per heavy atom. The number of hydrogen-bond acceptors (Lipinski definition) is 6. The number of piperidine rings is 1. The fourth-order valence-electron chi connectivity index (χ4n) is 4.96. The summed E-state index contributed by atoms with van der Waals surface area (Å²) in [6.07, 6.45) is 0.351. The molecule has 11 nitrogen and oxygen atoms in total. The van der Waals surface area contributed by atoms with Crippen LogP contribution in [0.25, 0.3) is 0 Å². The fourth-order valence-corrected chi connectivity index (χ4v) is 4.96. The Labute approximate surface area is 215 Å². The second kappa shape index (κ2) is 11.2. The lowest BCUT2D eigenvalue weighted by Gasteiger charge is -2.42. The molecule has 2 aliphatic rings. The van der Waals surface area contributed by atoms with E-state index in [1.165, 1.54) is 4.90 Å². The fraction of sp³-hybridized carbons (Fsp3) is 0.577. The lowest BCUT2D eigenvalue weighted by Crippen LogP contribution is -2.57. The topological polar surface area (TPSA) is 154 Å². The normalized spacial score (nSPS) is 20.1. The molecule has 0 spiro atoms. The van der Waals surface area contributed by atoms with Gasteiger partial charge in [0.05, 0.1) is 11.8 Å². The molecule has 3 N–H and O–H groups in total. The summed E-state index contributed by atoms with van der Waals surface area (Å²) in [4.78, 5) is 65.4. The van der Waals surface area contributed by atoms with Gasteiger partial charge in [0, 0.05) is 19.6 Å². The molecule has 0 aliphatic carbocycles. The Bertz CT molecular complexity index is 1030. The molecular weight excluding hydrogens is 482 g/mol. The standard InChI is InChI=1S/C26H35N3O8/c1-25(2,3)37-24(36)29-13-7-10-19(29)21(32)28-14-11-26(12-15-28,17-8-5-4-6-9-17)23(35)27-18(22(33)34)16-20(30)31/h4-6,8-9,18-19H,7,10-16H2,1-3H3,(H,27,35)(H,30,31)(H,33,34). The summed E-state index contributed by atoms with van der Waals surface area (Å²) < 4.78 is 5.47. The minimum absolute atomic E-state index is 0.209. The van der Waals surface area contributed by atoms with Gasteiger partial charge in [-0.25, -0.2) is 9.59 Å². The largest absolute Gasteiger partial charge is 0.481 e. The number of rotatable bonds is 7. The first-order valence-corrected chi connectivity index (χ1v) is 12.4. The zero-order valence-corrected chi connectivity index (χ0v) is 21.4. The highest BCUT2D eigenvalue weighted by molar-refractivity contribution is 5.93. The van der Waals surface area contributed by atoms with Crippen molar-refractivity contribution >= 4 is 29.8 Å². The van der Waals surface area contributed by atoms with Crippen LogP contribution in [0.5, 0.6) is 0 Å². The molecule has 3 rings (SSSR count). The third-order valence-corrected chi connectivity index (χ3v) is 6.84. The van der Waals surface area contributed by atoms with E-state index < -0.39 is 53.5 Å². The van der Waals surface area contributed by atoms with E-state index in [0.717, 1.165) is 0 Å². The average molecular weight is 518 g/mol. The minimum atomic E-state index is -1.58. The maximum absolute atomic E-state index is 13.5. The van der Waals surface area contributed by atoms with Gasteiger partial charge in [0.2, 0.25) is 11.8 Å². The van der Waals surface area contributed by atoms with E-state index in [2.05, 4.69) is 5.32 Å². The molecule has 0 bridgehead atoms. The van der Waals surface area contributed by atoms with Crippen molar-refractivity contribution in [3.8, 4) is 0 Å². The number of carbonyl (C=O) groups excluding carboxylic acids is 3. The number of likely N-dealkylation sites (tertiary alicyclic amines) is 2. The van der Waals surface area contributed by atoms with Gasteiger partial charge in [-0.05, 0) is 52.0 Å². The first-order chi connectivity index (χ1) is 17.3. The molecule has 0 saturated carbocycles. The Morgan fingerprint density at radius 1 is 1.05 bits per heavy atom. The predicted octanol–water partition coefficient (Wildman–Crippen LogP) is 1.99. The summed E-state index contributed by atoms with van der Waals surface area (Å²) in [5.41, 5.74) is -1.16. The maximum atomic E-state index is 13.5. The van der Waals surface area contributed by atoms with Crippen LogP contribution in [0.15, 0.2) is 30.3 Å². The highest BCUT2D eigenvalue weighted by Crippen LogP contribution is 2.37. The van der Waals surface area contributed by atoms with E-state index in [1.807, 2.05) is 0 Å². The van der Waals surface area contributed by atoms with Crippen molar-refractivity contribution in [1.82, 2.24) is 15.1 Å². The molecule has 11 heteroatoms. The number of carboxylic acid groups (broad SMARTS) is 2. The number of carbonyl (C=O) groups is 5. The highest BCUT2D eigenvalue weighted by atomic mass is 16.6.